The van der Waals surface area contributed by atoms with Gasteiger partial charge in [0, 0.05) is 13.6 Å². The van der Waals surface area contributed by atoms with Crippen molar-refractivity contribution in [3.05, 3.63) is 47.8 Å². The third-order valence-corrected chi connectivity index (χ3v) is 4.21. The monoisotopic (exact) mass is 299 g/mol. The van der Waals surface area contributed by atoms with Crippen LogP contribution in [0.2, 0.25) is 0 Å². The quantitative estimate of drug-likeness (QED) is 0.919. The number of benzene rings is 1. The van der Waals surface area contributed by atoms with Gasteiger partial charge in [0.15, 0.2) is 0 Å². The van der Waals surface area contributed by atoms with Crippen LogP contribution in [0, 0.1) is 12.8 Å². The molecular weight excluding hydrogens is 278 g/mol. The number of rotatable bonds is 5. The van der Waals surface area contributed by atoms with Crippen molar-refractivity contribution in [2.75, 3.05) is 13.6 Å². The fourth-order valence-corrected chi connectivity index (χ4v) is 2.65. The summed E-state index contributed by atoms with van der Waals surface area (Å²) in [4.78, 5) is 14.1. The molecule has 1 aromatic carbocycles. The third kappa shape index (κ3) is 2.90. The molecule has 1 saturated carbocycles. The van der Waals surface area contributed by atoms with E-state index in [9.17, 15) is 9.90 Å². The van der Waals surface area contributed by atoms with E-state index < -0.39 is 6.10 Å². The summed E-state index contributed by atoms with van der Waals surface area (Å²) in [7, 11) is 1.73. The first-order valence-electron chi connectivity index (χ1n) is 7.61. The normalized spacial score (nSPS) is 15.6. The molecule has 0 radical (unpaired) electrons. The highest BCUT2D eigenvalue weighted by atomic mass is 16.3. The molecule has 1 atom stereocenters. The Morgan fingerprint density at radius 1 is 1.41 bits per heavy atom. The molecule has 0 spiro atoms. The van der Waals surface area contributed by atoms with Gasteiger partial charge in [0.2, 0.25) is 0 Å². The van der Waals surface area contributed by atoms with Crippen LogP contribution < -0.4 is 0 Å². The van der Waals surface area contributed by atoms with Gasteiger partial charge in [0.25, 0.3) is 5.91 Å². The van der Waals surface area contributed by atoms with Crippen molar-refractivity contribution >= 4 is 5.91 Å². The Morgan fingerprint density at radius 3 is 2.73 bits per heavy atom. The number of amides is 1. The first kappa shape index (κ1) is 14.8. The van der Waals surface area contributed by atoms with E-state index >= 15 is 0 Å². The lowest BCUT2D eigenvalue weighted by atomic mass is 10.2. The smallest absolute Gasteiger partial charge is 0.257 e. The molecule has 5 nitrogen and oxygen atoms in total. The van der Waals surface area contributed by atoms with E-state index in [4.69, 9.17) is 0 Å². The molecule has 1 aliphatic rings. The summed E-state index contributed by atoms with van der Waals surface area (Å²) in [5.41, 5.74) is 2.32. The van der Waals surface area contributed by atoms with Crippen molar-refractivity contribution in [1.82, 2.24) is 14.7 Å². The van der Waals surface area contributed by atoms with Crippen LogP contribution in [0.4, 0.5) is 0 Å². The zero-order chi connectivity index (χ0) is 15.7. The summed E-state index contributed by atoms with van der Waals surface area (Å²) in [6.07, 6.45) is 3.31. The van der Waals surface area contributed by atoms with Crippen LogP contribution in [0.5, 0.6) is 0 Å². The molecule has 3 rings (SSSR count). The van der Waals surface area contributed by atoms with Crippen molar-refractivity contribution in [3.8, 4) is 5.69 Å². The van der Waals surface area contributed by atoms with E-state index in [2.05, 4.69) is 5.10 Å². The second-order valence-corrected chi connectivity index (χ2v) is 5.98. The number of carbonyl (C=O) groups is 1. The molecule has 116 valence electrons. The summed E-state index contributed by atoms with van der Waals surface area (Å²) >= 11 is 0. The van der Waals surface area contributed by atoms with E-state index in [0.29, 0.717) is 18.0 Å². The molecule has 0 aliphatic heterocycles. The van der Waals surface area contributed by atoms with Gasteiger partial charge in [0.1, 0.15) is 0 Å². The Bertz CT molecular complexity index is 662. The van der Waals surface area contributed by atoms with Crippen LogP contribution in [0.15, 0.2) is 36.5 Å². The van der Waals surface area contributed by atoms with E-state index in [0.717, 1.165) is 24.2 Å². The number of likely N-dealkylation sites (N-methyl/N-ethyl adjacent to an activating group) is 1. The zero-order valence-electron chi connectivity index (χ0n) is 12.9. The highest BCUT2D eigenvalue weighted by Gasteiger charge is 2.31. The minimum atomic E-state index is -0.418. The molecule has 5 heteroatoms. The summed E-state index contributed by atoms with van der Waals surface area (Å²) < 4.78 is 1.76. The van der Waals surface area contributed by atoms with Crippen molar-refractivity contribution in [2.24, 2.45) is 5.92 Å². The lowest BCUT2D eigenvalue weighted by Gasteiger charge is -2.20. The molecule has 1 aliphatic carbocycles. The highest BCUT2D eigenvalue weighted by Crippen LogP contribution is 2.32. The average molecular weight is 299 g/mol. The number of aliphatic hydroxyl groups is 1. The molecule has 1 amide bonds. The van der Waals surface area contributed by atoms with Crippen molar-refractivity contribution in [3.63, 3.8) is 0 Å². The van der Waals surface area contributed by atoms with Crippen molar-refractivity contribution in [2.45, 2.75) is 25.9 Å². The van der Waals surface area contributed by atoms with Gasteiger partial charge in [-0.05, 0) is 37.8 Å². The van der Waals surface area contributed by atoms with Gasteiger partial charge in [-0.1, -0.05) is 18.2 Å². The minimum absolute atomic E-state index is 0.0978. The topological polar surface area (TPSA) is 58.4 Å². The van der Waals surface area contributed by atoms with Gasteiger partial charge in [-0.2, -0.15) is 5.10 Å². The lowest BCUT2D eigenvalue weighted by molar-refractivity contribution is 0.0644. The number of carbonyl (C=O) groups excluding carboxylic acids is 1. The molecule has 0 bridgehead atoms. The second kappa shape index (κ2) is 5.93. The first-order valence-corrected chi connectivity index (χ1v) is 7.61. The minimum Gasteiger partial charge on any atom is -0.391 e. The molecule has 1 aromatic heterocycles. The maximum atomic E-state index is 12.6. The largest absolute Gasteiger partial charge is 0.391 e. The Kier molecular flexibility index (Phi) is 3.98. The SMILES string of the molecule is Cc1c(C(=O)N(C)CC(O)C2CC2)cnn1-c1ccccc1. The average Bonchev–Trinajstić information content (AvgIpc) is 3.30. The van der Waals surface area contributed by atoms with Crippen LogP contribution in [-0.4, -0.2) is 45.4 Å². The van der Waals surface area contributed by atoms with Gasteiger partial charge in [-0.15, -0.1) is 0 Å². The van der Waals surface area contributed by atoms with Crippen LogP contribution >= 0.6 is 0 Å². The zero-order valence-corrected chi connectivity index (χ0v) is 12.9. The first-order chi connectivity index (χ1) is 10.6. The molecule has 1 N–H and O–H groups in total. The Labute approximate surface area is 130 Å². The highest BCUT2D eigenvalue weighted by molar-refractivity contribution is 5.95. The standard InChI is InChI=1S/C17H21N3O2/c1-12-15(10-18-20(12)14-6-4-3-5-7-14)17(22)19(2)11-16(21)13-8-9-13/h3-7,10,13,16,21H,8-9,11H2,1-2H3. The molecule has 1 heterocycles. The summed E-state index contributed by atoms with van der Waals surface area (Å²) in [5, 5.41) is 14.3. The molecular formula is C17H21N3O2. The Morgan fingerprint density at radius 2 is 2.09 bits per heavy atom. The van der Waals surface area contributed by atoms with E-state index in [1.807, 2.05) is 37.3 Å². The lowest BCUT2D eigenvalue weighted by Crippen LogP contribution is -2.35. The fraction of sp³-hybridized carbons (Fsp3) is 0.412. The summed E-state index contributed by atoms with van der Waals surface area (Å²) in [6, 6.07) is 9.73. The summed E-state index contributed by atoms with van der Waals surface area (Å²) in [5.74, 6) is 0.266. The molecule has 1 fully saturated rings. The number of hydrogen-bond acceptors (Lipinski definition) is 3. The number of aromatic nitrogens is 2. The maximum Gasteiger partial charge on any atom is 0.257 e. The van der Waals surface area contributed by atoms with E-state index in [1.165, 1.54) is 0 Å². The Hall–Kier alpha value is -2.14. The number of hydrogen-bond donors (Lipinski definition) is 1. The van der Waals surface area contributed by atoms with Crippen LogP contribution in [-0.2, 0) is 0 Å². The van der Waals surface area contributed by atoms with Gasteiger partial charge >= 0.3 is 0 Å². The molecule has 22 heavy (non-hydrogen) atoms. The van der Waals surface area contributed by atoms with Crippen LogP contribution in [0.1, 0.15) is 28.9 Å². The predicted octanol–water partition coefficient (Wildman–Crippen LogP) is 2.02. The number of aliphatic hydroxyl groups excluding tert-OH is 1. The maximum absolute atomic E-state index is 12.6. The van der Waals surface area contributed by atoms with E-state index in [1.54, 1.807) is 22.8 Å². The van der Waals surface area contributed by atoms with E-state index in [-0.39, 0.29) is 5.91 Å². The molecule has 0 saturated heterocycles. The van der Waals surface area contributed by atoms with Gasteiger partial charge in [0.05, 0.1) is 29.2 Å². The summed E-state index contributed by atoms with van der Waals surface area (Å²) in [6.45, 7) is 2.26. The van der Waals surface area contributed by atoms with Crippen molar-refractivity contribution in [1.29, 1.82) is 0 Å². The van der Waals surface area contributed by atoms with Gasteiger partial charge < -0.3 is 10.0 Å². The Balaban J connectivity index is 1.77. The van der Waals surface area contributed by atoms with Crippen LogP contribution in [0.25, 0.3) is 5.69 Å². The molecule has 2 aromatic rings. The van der Waals surface area contributed by atoms with Crippen molar-refractivity contribution < 1.29 is 9.90 Å². The number of para-hydroxylation sites is 1. The third-order valence-electron chi connectivity index (χ3n) is 4.21. The predicted molar refractivity (Wildman–Crippen MR) is 84.0 cm³/mol. The second-order valence-electron chi connectivity index (χ2n) is 5.98. The number of nitrogens with zero attached hydrogens (tertiary/aromatic N) is 3. The molecule has 1 unspecified atom stereocenters. The van der Waals surface area contributed by atoms with Crippen LogP contribution in [0.3, 0.4) is 0 Å². The van der Waals surface area contributed by atoms with Gasteiger partial charge in [-0.25, -0.2) is 4.68 Å². The fourth-order valence-electron chi connectivity index (χ4n) is 2.65. The van der Waals surface area contributed by atoms with Gasteiger partial charge in [-0.3, -0.25) is 4.79 Å².